The summed E-state index contributed by atoms with van der Waals surface area (Å²) in [5, 5.41) is 14.7. The Kier molecular flexibility index (Phi) is 2.93. The Morgan fingerprint density at radius 3 is 2.82 bits per heavy atom. The molecule has 0 aliphatic carbocycles. The van der Waals surface area contributed by atoms with Crippen LogP contribution in [0.25, 0.3) is 16.6 Å². The van der Waals surface area contributed by atoms with E-state index < -0.39 is 0 Å². The average Bonchev–Trinajstić information content (AvgIpc) is 3.13. The quantitative estimate of drug-likeness (QED) is 0.722. The number of amides is 1. The number of aryl methyl sites for hydroxylation is 1. The van der Waals surface area contributed by atoms with Crippen molar-refractivity contribution < 1.29 is 4.79 Å². The predicted molar refractivity (Wildman–Crippen MR) is 81.1 cm³/mol. The van der Waals surface area contributed by atoms with Gasteiger partial charge < -0.3 is 10.6 Å². The van der Waals surface area contributed by atoms with Crippen molar-refractivity contribution >= 4 is 11.4 Å². The number of hydrogen-bond acceptors (Lipinski definition) is 4. The van der Waals surface area contributed by atoms with Gasteiger partial charge in [0, 0.05) is 49.2 Å². The first kappa shape index (κ1) is 13.0. The minimum absolute atomic E-state index is 0.00233. The Hall–Kier alpha value is -2.67. The van der Waals surface area contributed by atoms with Gasteiger partial charge in [-0.25, -0.2) is 4.52 Å². The zero-order chi connectivity index (χ0) is 15.1. The second-order valence-corrected chi connectivity index (χ2v) is 5.43. The first-order valence-corrected chi connectivity index (χ1v) is 7.20. The molecular weight excluding hydrogens is 280 g/mol. The van der Waals surface area contributed by atoms with Crippen LogP contribution in [-0.2, 0) is 11.8 Å². The van der Waals surface area contributed by atoms with Crippen molar-refractivity contribution in [1.29, 1.82) is 0 Å². The second kappa shape index (κ2) is 4.96. The smallest absolute Gasteiger partial charge is 0.241 e. The van der Waals surface area contributed by atoms with E-state index in [4.69, 9.17) is 0 Å². The number of carbonyl (C=O) groups is 1. The zero-order valence-electron chi connectivity index (χ0n) is 12.2. The molecule has 0 bridgehead atoms. The molecule has 0 saturated carbocycles. The van der Waals surface area contributed by atoms with Crippen LogP contribution in [0.4, 0.5) is 0 Å². The Balaban J connectivity index is 1.75. The minimum atomic E-state index is -0.338. The van der Waals surface area contributed by atoms with E-state index in [0.29, 0.717) is 6.54 Å². The Morgan fingerprint density at radius 1 is 1.14 bits per heavy atom. The summed E-state index contributed by atoms with van der Waals surface area (Å²) in [5.41, 5.74) is 3.91. The van der Waals surface area contributed by atoms with E-state index in [1.54, 1.807) is 15.4 Å². The lowest BCUT2D eigenvalue weighted by Crippen LogP contribution is -2.47. The van der Waals surface area contributed by atoms with Gasteiger partial charge in [-0.3, -0.25) is 9.48 Å². The molecule has 1 unspecified atom stereocenters. The normalized spacial score (nSPS) is 18.6. The van der Waals surface area contributed by atoms with E-state index in [2.05, 4.69) is 20.8 Å². The number of rotatable bonds is 2. The van der Waals surface area contributed by atoms with Crippen LogP contribution in [0.5, 0.6) is 0 Å². The number of carbonyl (C=O) groups excluding carboxylic acids is 1. The monoisotopic (exact) mass is 296 g/mol. The molecular formula is C15H16N6O. The lowest BCUT2D eigenvalue weighted by atomic mass is 10.1. The average molecular weight is 296 g/mol. The van der Waals surface area contributed by atoms with Crippen molar-refractivity contribution in [3.63, 3.8) is 0 Å². The van der Waals surface area contributed by atoms with Crippen LogP contribution in [0.3, 0.4) is 0 Å². The Labute approximate surface area is 126 Å². The van der Waals surface area contributed by atoms with Crippen LogP contribution in [0.15, 0.2) is 36.9 Å². The Morgan fingerprint density at radius 2 is 2.05 bits per heavy atom. The summed E-state index contributed by atoms with van der Waals surface area (Å²) in [6, 6.07) is 3.68. The number of fused-ring (bicyclic) bond motifs is 1. The molecule has 4 heterocycles. The highest BCUT2D eigenvalue weighted by atomic mass is 16.2. The van der Waals surface area contributed by atoms with Crippen LogP contribution in [0, 0.1) is 0 Å². The van der Waals surface area contributed by atoms with Gasteiger partial charge in [-0.15, -0.1) is 0 Å². The zero-order valence-corrected chi connectivity index (χ0v) is 12.2. The lowest BCUT2D eigenvalue weighted by Gasteiger charge is -2.22. The maximum Gasteiger partial charge on any atom is 0.241 e. The number of nitrogens with one attached hydrogen (secondary N) is 2. The summed E-state index contributed by atoms with van der Waals surface area (Å²) in [5.74, 6) is -0.00233. The van der Waals surface area contributed by atoms with Crippen molar-refractivity contribution in [2.24, 2.45) is 7.05 Å². The van der Waals surface area contributed by atoms with Crippen molar-refractivity contribution in [2.45, 2.75) is 6.04 Å². The number of piperazine rings is 1. The van der Waals surface area contributed by atoms with E-state index in [1.165, 1.54) is 0 Å². The Bertz CT molecular complexity index is 849. The van der Waals surface area contributed by atoms with Crippen LogP contribution < -0.4 is 10.6 Å². The fraction of sp³-hybridized carbons (Fsp3) is 0.267. The molecule has 0 radical (unpaired) electrons. The van der Waals surface area contributed by atoms with E-state index in [1.807, 2.05) is 37.8 Å². The topological polar surface area (TPSA) is 76.2 Å². The van der Waals surface area contributed by atoms with E-state index in [0.717, 1.165) is 28.8 Å². The highest BCUT2D eigenvalue weighted by molar-refractivity contribution is 5.86. The SMILES string of the molecule is Cn1cc(-c2ccc3c(C4NCCNC4=O)cnn3c2)cn1. The highest BCUT2D eigenvalue weighted by Crippen LogP contribution is 2.24. The van der Waals surface area contributed by atoms with Gasteiger partial charge in [0.2, 0.25) is 5.91 Å². The molecule has 1 aliphatic rings. The molecule has 3 aromatic heterocycles. The fourth-order valence-corrected chi connectivity index (χ4v) is 2.82. The number of hydrogen-bond donors (Lipinski definition) is 2. The van der Waals surface area contributed by atoms with Gasteiger partial charge in [0.05, 0.1) is 17.9 Å². The molecule has 3 aromatic rings. The van der Waals surface area contributed by atoms with Gasteiger partial charge in [-0.05, 0) is 6.07 Å². The predicted octanol–water partition coefficient (Wildman–Crippen LogP) is 0.495. The number of nitrogens with zero attached hydrogens (tertiary/aromatic N) is 4. The van der Waals surface area contributed by atoms with Crippen molar-refractivity contribution in [2.75, 3.05) is 13.1 Å². The third-order valence-electron chi connectivity index (χ3n) is 3.93. The maximum atomic E-state index is 12.0. The minimum Gasteiger partial charge on any atom is -0.353 e. The van der Waals surface area contributed by atoms with Gasteiger partial charge in [-0.1, -0.05) is 6.07 Å². The molecule has 0 spiro atoms. The van der Waals surface area contributed by atoms with Gasteiger partial charge in [0.25, 0.3) is 0 Å². The van der Waals surface area contributed by atoms with Crippen molar-refractivity contribution in [3.8, 4) is 11.1 Å². The van der Waals surface area contributed by atoms with E-state index in [9.17, 15) is 4.79 Å². The van der Waals surface area contributed by atoms with Crippen LogP contribution >= 0.6 is 0 Å². The standard InChI is InChI=1S/C15H16N6O/c1-20-8-11(6-18-20)10-2-3-13-12(7-19-21(13)9-10)14-15(22)17-5-4-16-14/h2-3,6-9,14,16H,4-5H2,1H3,(H,17,22). The van der Waals surface area contributed by atoms with E-state index in [-0.39, 0.29) is 11.9 Å². The van der Waals surface area contributed by atoms with Gasteiger partial charge in [0.15, 0.2) is 0 Å². The third kappa shape index (κ3) is 2.06. The fourth-order valence-electron chi connectivity index (χ4n) is 2.82. The maximum absolute atomic E-state index is 12.0. The van der Waals surface area contributed by atoms with Crippen LogP contribution in [0.1, 0.15) is 11.6 Å². The molecule has 7 heteroatoms. The summed E-state index contributed by atoms with van der Waals surface area (Å²) in [6.45, 7) is 1.43. The third-order valence-corrected chi connectivity index (χ3v) is 3.93. The lowest BCUT2D eigenvalue weighted by molar-refractivity contribution is -0.124. The van der Waals surface area contributed by atoms with Crippen LogP contribution in [-0.4, -0.2) is 38.4 Å². The highest BCUT2D eigenvalue weighted by Gasteiger charge is 2.26. The first-order valence-electron chi connectivity index (χ1n) is 7.20. The second-order valence-electron chi connectivity index (χ2n) is 5.43. The summed E-state index contributed by atoms with van der Waals surface area (Å²) in [6.07, 6.45) is 7.49. The van der Waals surface area contributed by atoms with E-state index >= 15 is 0 Å². The van der Waals surface area contributed by atoms with Crippen molar-refractivity contribution in [3.05, 3.63) is 42.5 Å². The van der Waals surface area contributed by atoms with Gasteiger partial charge in [-0.2, -0.15) is 10.2 Å². The van der Waals surface area contributed by atoms with Gasteiger partial charge in [0.1, 0.15) is 6.04 Å². The first-order chi connectivity index (χ1) is 10.7. The summed E-state index contributed by atoms with van der Waals surface area (Å²) >= 11 is 0. The number of aromatic nitrogens is 4. The van der Waals surface area contributed by atoms with Crippen LogP contribution in [0.2, 0.25) is 0 Å². The molecule has 1 amide bonds. The van der Waals surface area contributed by atoms with Crippen molar-refractivity contribution in [1.82, 2.24) is 30.0 Å². The molecule has 4 rings (SSSR count). The molecule has 1 fully saturated rings. The number of pyridine rings is 1. The summed E-state index contributed by atoms with van der Waals surface area (Å²) in [7, 11) is 1.89. The molecule has 1 saturated heterocycles. The molecule has 1 aliphatic heterocycles. The summed E-state index contributed by atoms with van der Waals surface area (Å²) in [4.78, 5) is 12.0. The summed E-state index contributed by atoms with van der Waals surface area (Å²) < 4.78 is 3.57. The molecule has 0 aromatic carbocycles. The molecule has 1 atom stereocenters. The molecule has 22 heavy (non-hydrogen) atoms. The molecule has 7 nitrogen and oxygen atoms in total. The largest absolute Gasteiger partial charge is 0.353 e. The molecule has 112 valence electrons. The molecule has 2 N–H and O–H groups in total. The van der Waals surface area contributed by atoms with Gasteiger partial charge >= 0.3 is 0 Å².